The number of carbonyl (C=O) groups excluding carboxylic acids is 2. The molecular weight excluding hydrogens is 1010 g/mol. The van der Waals surface area contributed by atoms with Crippen molar-refractivity contribution in [3.8, 4) is 22.6 Å². The van der Waals surface area contributed by atoms with Gasteiger partial charge in [0.2, 0.25) is 0 Å². The molecule has 2 saturated heterocycles. The van der Waals surface area contributed by atoms with Crippen LogP contribution in [0.3, 0.4) is 0 Å². The summed E-state index contributed by atoms with van der Waals surface area (Å²) in [5.74, 6) is 1.00. The van der Waals surface area contributed by atoms with Crippen LogP contribution in [0.5, 0.6) is 11.5 Å². The lowest BCUT2D eigenvalue weighted by molar-refractivity contribution is -0.135. The lowest BCUT2D eigenvalue weighted by atomic mass is 9.74. The van der Waals surface area contributed by atoms with Crippen LogP contribution in [0.4, 0.5) is 8.78 Å². The molecule has 2 amide bonds. The number of benzene rings is 4. The zero-order chi connectivity index (χ0) is 50.7. The number of ether oxygens (including phenoxy) is 4. The third kappa shape index (κ3) is 10.1. The van der Waals surface area contributed by atoms with E-state index in [1.54, 1.807) is 26.2 Å². The van der Waals surface area contributed by atoms with Crippen LogP contribution in [-0.4, -0.2) is 101 Å². The molecule has 372 valence electrons. The van der Waals surface area contributed by atoms with Crippen molar-refractivity contribution in [2.75, 3.05) is 27.3 Å². The van der Waals surface area contributed by atoms with E-state index >= 15 is 0 Å². The smallest absolute Gasteiger partial charge is 0.488 e. The van der Waals surface area contributed by atoms with Crippen molar-refractivity contribution in [2.45, 2.75) is 101 Å². The number of nitrogens with two attached hydrogens (primary N) is 2. The number of nitrogens with zero attached hydrogens (tertiary/aromatic N) is 4. The van der Waals surface area contributed by atoms with Gasteiger partial charge in [-0.15, -0.1) is 0 Å². The molecule has 4 aromatic rings. The second kappa shape index (κ2) is 19.7. The maximum absolute atomic E-state index is 13.7. The molecule has 10 rings (SSSR count). The van der Waals surface area contributed by atoms with Crippen molar-refractivity contribution in [1.29, 1.82) is 0 Å². The minimum atomic E-state index is -1.60. The van der Waals surface area contributed by atoms with Crippen molar-refractivity contribution < 1.29 is 47.4 Å². The fraction of sp³-hybridized carbons (Fsp3) is 0.440. The average Bonchev–Trinajstić information content (AvgIpc) is 3.65. The number of halogens is 5. The summed E-state index contributed by atoms with van der Waals surface area (Å²) in [4.78, 5) is 38.9. The van der Waals surface area contributed by atoms with Crippen LogP contribution in [0, 0.1) is 23.5 Å². The molecule has 2 fully saturated rings. The van der Waals surface area contributed by atoms with Crippen molar-refractivity contribution >= 4 is 75.4 Å². The van der Waals surface area contributed by atoms with Gasteiger partial charge in [0.1, 0.15) is 35.3 Å². The molecule has 2 spiro atoms. The zero-order valence-corrected chi connectivity index (χ0v) is 42.7. The Labute approximate surface area is 424 Å². The van der Waals surface area contributed by atoms with E-state index in [1.807, 2.05) is 36.4 Å². The van der Waals surface area contributed by atoms with Crippen LogP contribution in [0.1, 0.15) is 77.3 Å². The Morgan fingerprint density at radius 3 is 1.56 bits per heavy atom. The van der Waals surface area contributed by atoms with Crippen molar-refractivity contribution in [1.82, 2.24) is 9.80 Å². The SMILES string of the molecule is CN1C(=O)C2(CC(C3CCOC(C)(C)C3)Oc3ccc(-c4ccc(F)c(Cl)c4)cc32)N=C1N.CN1C(=O)C2(CC(C3CCOC(C)(C)C3)Oc3ccc(Br)cc32)N=C1N.OB(O)c1ccc(F)c(Cl)c1. The minimum Gasteiger partial charge on any atom is -0.490 e. The van der Waals surface area contributed by atoms with Gasteiger partial charge in [-0.3, -0.25) is 19.4 Å². The standard InChI is InChI=1S/C25H27ClFN3O3.C19H24BrN3O3.C6H5BClFO2/c1-24(2)12-16(8-9-32-24)21-13-25(22(31)30(3)23(28)29-25)17-10-14(5-7-20(17)33-21)15-4-6-19(27)18(26)11-15;1-18(2)9-11(6-7-25-18)15-10-19(16(24)23(3)17(21)22-19)13-8-12(20)4-5-14(13)26-15;8-5-3-4(7(10)11)1-2-6(5)9/h4-7,10-11,16,21H,8-9,12-13H2,1-3H3,(H2,28,29);4-5,8,11,15H,6-7,9-10H2,1-3H3,(H2,21,22);1-3,10-11H. The Bertz CT molecular complexity index is 2770. The van der Waals surface area contributed by atoms with E-state index in [2.05, 4.69) is 48.6 Å². The molecule has 0 aliphatic carbocycles. The van der Waals surface area contributed by atoms with Crippen molar-refractivity contribution in [3.05, 3.63) is 110 Å². The summed E-state index contributed by atoms with van der Waals surface area (Å²) in [6.07, 6.45) is 4.10. The first-order chi connectivity index (χ1) is 32.9. The van der Waals surface area contributed by atoms with Gasteiger partial charge in [0.15, 0.2) is 23.0 Å². The average molecular weight is 1070 g/mol. The molecule has 4 aromatic carbocycles. The Kier molecular flexibility index (Phi) is 14.5. The van der Waals surface area contributed by atoms with Gasteiger partial charge in [-0.25, -0.2) is 18.8 Å². The number of hydrogen-bond donors (Lipinski definition) is 4. The summed E-state index contributed by atoms with van der Waals surface area (Å²) in [6.45, 7) is 9.73. The van der Waals surface area contributed by atoms with Crippen LogP contribution in [0.15, 0.2) is 87.3 Å². The maximum atomic E-state index is 13.7. The van der Waals surface area contributed by atoms with Gasteiger partial charge in [-0.2, -0.15) is 0 Å². The molecule has 20 heteroatoms. The first-order valence-electron chi connectivity index (χ1n) is 23.0. The van der Waals surface area contributed by atoms with Crippen molar-refractivity contribution in [2.24, 2.45) is 33.3 Å². The molecule has 0 saturated carbocycles. The van der Waals surface area contributed by atoms with Crippen LogP contribution in [0.2, 0.25) is 10.0 Å². The van der Waals surface area contributed by atoms with Crippen LogP contribution in [0.25, 0.3) is 11.1 Å². The quantitative estimate of drug-likeness (QED) is 0.149. The highest BCUT2D eigenvalue weighted by Gasteiger charge is 2.57. The molecule has 0 bridgehead atoms. The number of aliphatic imine (C=N–C) groups is 2. The Morgan fingerprint density at radius 2 is 1.11 bits per heavy atom. The summed E-state index contributed by atoms with van der Waals surface area (Å²) in [5, 5.41) is 17.2. The summed E-state index contributed by atoms with van der Waals surface area (Å²) in [7, 11) is 1.71. The third-order valence-corrected chi connectivity index (χ3v) is 15.1. The number of carbonyl (C=O) groups is 2. The van der Waals surface area contributed by atoms with E-state index in [4.69, 9.17) is 68.7 Å². The van der Waals surface area contributed by atoms with Gasteiger partial charge in [-0.1, -0.05) is 57.3 Å². The number of hydrogen-bond acceptors (Lipinski definition) is 12. The molecule has 0 radical (unpaired) electrons. The lowest BCUT2D eigenvalue weighted by Crippen LogP contribution is -2.49. The number of fused-ring (bicyclic) bond motifs is 4. The van der Waals surface area contributed by atoms with E-state index in [1.165, 1.54) is 28.0 Å². The van der Waals surface area contributed by atoms with Gasteiger partial charge in [-0.05, 0) is 125 Å². The summed E-state index contributed by atoms with van der Waals surface area (Å²) in [5.41, 5.74) is 12.7. The minimum absolute atomic E-state index is 0.0392. The molecule has 6 N–H and O–H groups in total. The Balaban J connectivity index is 0.000000158. The largest absolute Gasteiger partial charge is 0.490 e. The number of amides is 2. The number of guanidine groups is 2. The molecule has 6 aliphatic heterocycles. The first-order valence-corrected chi connectivity index (χ1v) is 24.6. The normalized spacial score (nSPS) is 27.2. The topological polar surface area (TPSA) is 195 Å². The molecule has 70 heavy (non-hydrogen) atoms. The maximum Gasteiger partial charge on any atom is 0.488 e. The first kappa shape index (κ1) is 51.5. The van der Waals surface area contributed by atoms with Crippen LogP contribution < -0.4 is 26.4 Å². The van der Waals surface area contributed by atoms with E-state index in [-0.39, 0.29) is 68.6 Å². The van der Waals surface area contributed by atoms with Crippen LogP contribution in [-0.2, 0) is 30.1 Å². The molecule has 14 nitrogen and oxygen atoms in total. The van der Waals surface area contributed by atoms with E-state index in [9.17, 15) is 18.4 Å². The van der Waals surface area contributed by atoms with E-state index in [0.717, 1.165) is 52.9 Å². The second-order valence-corrected chi connectivity index (χ2v) is 21.6. The summed E-state index contributed by atoms with van der Waals surface area (Å²) >= 11 is 14.9. The molecule has 6 heterocycles. The molecule has 0 aromatic heterocycles. The summed E-state index contributed by atoms with van der Waals surface area (Å²) < 4.78 is 51.7. The van der Waals surface area contributed by atoms with Gasteiger partial charge in [0, 0.05) is 67.6 Å². The van der Waals surface area contributed by atoms with Crippen molar-refractivity contribution in [3.63, 3.8) is 0 Å². The predicted octanol–water partition coefficient (Wildman–Crippen LogP) is 7.43. The molecule has 6 unspecified atom stereocenters. The molecule has 6 atom stereocenters. The van der Waals surface area contributed by atoms with Gasteiger partial charge < -0.3 is 40.5 Å². The predicted molar refractivity (Wildman–Crippen MR) is 268 cm³/mol. The second-order valence-electron chi connectivity index (χ2n) is 19.9. The summed E-state index contributed by atoms with van der Waals surface area (Å²) in [6, 6.07) is 19.5. The van der Waals surface area contributed by atoms with Crippen LogP contribution >= 0.6 is 39.1 Å². The van der Waals surface area contributed by atoms with Gasteiger partial charge in [0.05, 0.1) is 21.2 Å². The highest BCUT2D eigenvalue weighted by Crippen LogP contribution is 2.51. The third-order valence-electron chi connectivity index (χ3n) is 14.0. The lowest BCUT2D eigenvalue weighted by Gasteiger charge is -2.44. The number of likely N-dealkylation sites (N-methyl/N-ethyl adjacent to an activating group) is 2. The molecular formula is C50H56BBrCl2F2N6O8. The van der Waals surface area contributed by atoms with E-state index < -0.39 is 29.8 Å². The highest BCUT2D eigenvalue weighted by molar-refractivity contribution is 9.10. The fourth-order valence-corrected chi connectivity index (χ4v) is 11.1. The Morgan fingerprint density at radius 1 is 0.671 bits per heavy atom. The molecule has 6 aliphatic rings. The van der Waals surface area contributed by atoms with Gasteiger partial charge in [0.25, 0.3) is 11.8 Å². The highest BCUT2D eigenvalue weighted by atomic mass is 79.9. The zero-order valence-electron chi connectivity index (χ0n) is 39.6. The monoisotopic (exact) mass is 1070 g/mol. The fourth-order valence-electron chi connectivity index (χ4n) is 10.4. The van der Waals surface area contributed by atoms with Gasteiger partial charge >= 0.3 is 7.12 Å². The number of rotatable bonds is 4. The Hall–Kier alpha value is -4.82. The van der Waals surface area contributed by atoms with E-state index in [0.29, 0.717) is 49.0 Å².